The van der Waals surface area contributed by atoms with Gasteiger partial charge in [0.05, 0.1) is 6.04 Å². The molecule has 1 atom stereocenters. The monoisotopic (exact) mass is 169 g/mol. The van der Waals surface area contributed by atoms with Crippen molar-refractivity contribution in [3.8, 4) is 0 Å². The van der Waals surface area contributed by atoms with E-state index < -0.39 is 5.41 Å². The van der Waals surface area contributed by atoms with Gasteiger partial charge in [0.1, 0.15) is 5.41 Å². The van der Waals surface area contributed by atoms with Crippen LogP contribution >= 0.6 is 0 Å². The first-order chi connectivity index (χ1) is 5.37. The molecule has 3 heteroatoms. The molecule has 0 radical (unpaired) electrons. The Bertz CT molecular complexity index is 231. The average Bonchev–Trinajstić information content (AvgIpc) is 2.13. The Hall–Kier alpha value is -0.860. The predicted molar refractivity (Wildman–Crippen MR) is 45.6 cm³/mol. The van der Waals surface area contributed by atoms with Crippen LogP contribution in [0.5, 0.6) is 0 Å². The number of ketones is 1. The van der Waals surface area contributed by atoms with E-state index in [-0.39, 0.29) is 23.7 Å². The van der Waals surface area contributed by atoms with Gasteiger partial charge in [-0.1, -0.05) is 13.8 Å². The fraction of sp³-hybridized carbons (Fsp3) is 0.778. The maximum Gasteiger partial charge on any atom is 0.233 e. The van der Waals surface area contributed by atoms with E-state index in [1.165, 1.54) is 0 Å². The molecule has 0 saturated carbocycles. The van der Waals surface area contributed by atoms with Crippen LogP contribution in [0.1, 0.15) is 27.7 Å². The SMILES string of the molecule is CC(C)C1NC(=O)C(C)(C)C1=O. The Kier molecular flexibility index (Phi) is 1.98. The lowest BCUT2D eigenvalue weighted by Crippen LogP contribution is -2.34. The Morgan fingerprint density at radius 3 is 2.00 bits per heavy atom. The third-order valence-corrected chi connectivity index (χ3v) is 2.42. The molecule has 1 fully saturated rings. The number of hydrogen-bond donors (Lipinski definition) is 1. The summed E-state index contributed by atoms with van der Waals surface area (Å²) in [4.78, 5) is 22.9. The van der Waals surface area contributed by atoms with Gasteiger partial charge in [-0.2, -0.15) is 0 Å². The van der Waals surface area contributed by atoms with E-state index in [9.17, 15) is 9.59 Å². The lowest BCUT2D eigenvalue weighted by Gasteiger charge is -2.14. The minimum Gasteiger partial charge on any atom is -0.345 e. The van der Waals surface area contributed by atoms with Gasteiger partial charge >= 0.3 is 0 Å². The first-order valence-corrected chi connectivity index (χ1v) is 4.22. The van der Waals surface area contributed by atoms with E-state index in [0.717, 1.165) is 0 Å². The number of Topliss-reactive ketones (excluding diaryl/α,β-unsaturated/α-hetero) is 1. The molecular weight excluding hydrogens is 154 g/mol. The Morgan fingerprint density at radius 2 is 1.83 bits per heavy atom. The lowest BCUT2D eigenvalue weighted by atomic mass is 9.85. The van der Waals surface area contributed by atoms with Gasteiger partial charge in [-0.05, 0) is 19.8 Å². The Balaban J connectivity index is 2.91. The van der Waals surface area contributed by atoms with Gasteiger partial charge in [-0.15, -0.1) is 0 Å². The summed E-state index contributed by atoms with van der Waals surface area (Å²) < 4.78 is 0. The van der Waals surface area contributed by atoms with Crippen molar-refractivity contribution in [3.05, 3.63) is 0 Å². The van der Waals surface area contributed by atoms with Crippen molar-refractivity contribution in [2.24, 2.45) is 11.3 Å². The molecular formula is C9H15NO2. The number of rotatable bonds is 1. The first kappa shape index (κ1) is 9.23. The normalized spacial score (nSPS) is 27.9. The highest BCUT2D eigenvalue weighted by Gasteiger charge is 2.48. The van der Waals surface area contributed by atoms with Crippen molar-refractivity contribution in [1.29, 1.82) is 0 Å². The molecule has 1 amide bonds. The molecule has 0 aliphatic carbocycles. The average molecular weight is 169 g/mol. The maximum atomic E-state index is 11.6. The van der Waals surface area contributed by atoms with E-state index in [4.69, 9.17) is 0 Å². The Labute approximate surface area is 72.5 Å². The largest absolute Gasteiger partial charge is 0.345 e. The molecule has 12 heavy (non-hydrogen) atoms. The third kappa shape index (κ3) is 1.13. The molecule has 1 heterocycles. The van der Waals surface area contributed by atoms with Gasteiger partial charge in [0.2, 0.25) is 5.91 Å². The van der Waals surface area contributed by atoms with Crippen molar-refractivity contribution in [3.63, 3.8) is 0 Å². The molecule has 0 aromatic heterocycles. The summed E-state index contributed by atoms with van der Waals surface area (Å²) in [6.45, 7) is 7.22. The minimum atomic E-state index is -0.824. The second kappa shape index (κ2) is 2.57. The van der Waals surface area contributed by atoms with E-state index in [1.54, 1.807) is 13.8 Å². The number of hydrogen-bond acceptors (Lipinski definition) is 2. The summed E-state index contributed by atoms with van der Waals surface area (Å²) >= 11 is 0. The van der Waals surface area contributed by atoms with E-state index in [1.807, 2.05) is 13.8 Å². The summed E-state index contributed by atoms with van der Waals surface area (Å²) in [7, 11) is 0. The predicted octanol–water partition coefficient (Wildman–Crippen LogP) is 0.736. The zero-order chi connectivity index (χ0) is 9.52. The number of carbonyl (C=O) groups is 2. The van der Waals surface area contributed by atoms with Crippen LogP contribution in [-0.4, -0.2) is 17.7 Å². The molecule has 1 rings (SSSR count). The van der Waals surface area contributed by atoms with Crippen molar-refractivity contribution in [2.45, 2.75) is 33.7 Å². The number of carbonyl (C=O) groups excluding carboxylic acids is 2. The zero-order valence-corrected chi connectivity index (χ0v) is 7.97. The summed E-state index contributed by atoms with van der Waals surface area (Å²) in [6, 6.07) is -0.285. The summed E-state index contributed by atoms with van der Waals surface area (Å²) in [5.41, 5.74) is -0.824. The molecule has 0 bridgehead atoms. The fourth-order valence-electron chi connectivity index (χ4n) is 1.36. The van der Waals surface area contributed by atoms with Crippen LogP contribution < -0.4 is 5.32 Å². The van der Waals surface area contributed by atoms with Crippen LogP contribution in [0.2, 0.25) is 0 Å². The van der Waals surface area contributed by atoms with Crippen LogP contribution in [0, 0.1) is 11.3 Å². The van der Waals surface area contributed by atoms with Crippen molar-refractivity contribution in [1.82, 2.24) is 5.32 Å². The highest BCUT2D eigenvalue weighted by Crippen LogP contribution is 2.27. The second-order valence-corrected chi connectivity index (χ2v) is 4.18. The smallest absolute Gasteiger partial charge is 0.233 e. The van der Waals surface area contributed by atoms with Crippen molar-refractivity contribution in [2.75, 3.05) is 0 Å². The summed E-state index contributed by atoms with van der Waals surface area (Å²) in [5, 5.41) is 2.70. The molecule has 0 aromatic carbocycles. The first-order valence-electron chi connectivity index (χ1n) is 4.22. The summed E-state index contributed by atoms with van der Waals surface area (Å²) in [5.74, 6) is 0.0527. The number of nitrogens with one attached hydrogen (secondary N) is 1. The van der Waals surface area contributed by atoms with E-state index in [2.05, 4.69) is 5.32 Å². The van der Waals surface area contributed by atoms with Gasteiger partial charge in [-0.25, -0.2) is 0 Å². The molecule has 1 aliphatic heterocycles. The van der Waals surface area contributed by atoms with Gasteiger partial charge in [-0.3, -0.25) is 9.59 Å². The lowest BCUT2D eigenvalue weighted by molar-refractivity contribution is -0.133. The standard InChI is InChI=1S/C9H15NO2/c1-5(2)6-7(11)9(3,4)8(12)10-6/h5-6H,1-4H3,(H,10,12). The van der Waals surface area contributed by atoms with E-state index in [0.29, 0.717) is 0 Å². The maximum absolute atomic E-state index is 11.6. The van der Waals surface area contributed by atoms with Crippen molar-refractivity contribution < 1.29 is 9.59 Å². The number of amides is 1. The van der Waals surface area contributed by atoms with Crippen LogP contribution in [0.15, 0.2) is 0 Å². The third-order valence-electron chi connectivity index (χ3n) is 2.42. The molecule has 1 saturated heterocycles. The van der Waals surface area contributed by atoms with Crippen LogP contribution in [0.3, 0.4) is 0 Å². The van der Waals surface area contributed by atoms with Gasteiger partial charge in [0.25, 0.3) is 0 Å². The fourth-order valence-corrected chi connectivity index (χ4v) is 1.36. The molecule has 3 nitrogen and oxygen atoms in total. The van der Waals surface area contributed by atoms with Gasteiger partial charge < -0.3 is 5.32 Å². The van der Waals surface area contributed by atoms with E-state index >= 15 is 0 Å². The second-order valence-electron chi connectivity index (χ2n) is 4.18. The molecule has 1 unspecified atom stereocenters. The minimum absolute atomic E-state index is 0.0162. The Morgan fingerprint density at radius 1 is 1.33 bits per heavy atom. The molecule has 1 aliphatic rings. The molecule has 0 spiro atoms. The quantitative estimate of drug-likeness (QED) is 0.588. The van der Waals surface area contributed by atoms with Crippen LogP contribution in [0.4, 0.5) is 0 Å². The van der Waals surface area contributed by atoms with Crippen LogP contribution in [-0.2, 0) is 9.59 Å². The van der Waals surface area contributed by atoms with Gasteiger partial charge in [0.15, 0.2) is 5.78 Å². The van der Waals surface area contributed by atoms with Crippen LogP contribution in [0.25, 0.3) is 0 Å². The highest BCUT2D eigenvalue weighted by atomic mass is 16.2. The van der Waals surface area contributed by atoms with Crippen molar-refractivity contribution >= 4 is 11.7 Å². The topological polar surface area (TPSA) is 46.2 Å². The molecule has 0 aromatic rings. The molecule has 1 N–H and O–H groups in total. The highest BCUT2D eigenvalue weighted by molar-refractivity contribution is 6.13. The zero-order valence-electron chi connectivity index (χ0n) is 7.97. The van der Waals surface area contributed by atoms with Gasteiger partial charge in [0, 0.05) is 0 Å². The summed E-state index contributed by atoms with van der Waals surface area (Å²) in [6.07, 6.45) is 0. The molecule has 68 valence electrons.